The molecule has 1 amide bonds. The first-order chi connectivity index (χ1) is 17.6. The molecule has 1 heterocycles. The van der Waals surface area contributed by atoms with Crippen LogP contribution in [0.4, 0.5) is 11.4 Å². The molecule has 8 heteroatoms. The van der Waals surface area contributed by atoms with E-state index in [2.05, 4.69) is 28.2 Å². The number of halogens is 1. The van der Waals surface area contributed by atoms with Crippen molar-refractivity contribution in [2.24, 2.45) is 5.41 Å². The number of fused-ring (bicyclic) bond motifs is 1. The van der Waals surface area contributed by atoms with Crippen LogP contribution in [0.3, 0.4) is 0 Å². The number of nitrogens with zero attached hydrogens (tertiary/aromatic N) is 1. The van der Waals surface area contributed by atoms with E-state index in [0.717, 1.165) is 42.3 Å². The highest BCUT2D eigenvalue weighted by Crippen LogP contribution is 2.49. The molecule has 0 saturated carbocycles. The molecule has 0 aromatic heterocycles. The van der Waals surface area contributed by atoms with Crippen LogP contribution in [0.1, 0.15) is 75.8 Å². The van der Waals surface area contributed by atoms with E-state index in [1.54, 1.807) is 6.07 Å². The molecule has 0 spiro atoms. The van der Waals surface area contributed by atoms with Crippen LogP contribution >= 0.6 is 15.9 Å². The zero-order valence-corrected chi connectivity index (χ0v) is 24.9. The number of hydrogen-bond acceptors (Lipinski definition) is 5. The molecule has 0 bridgehead atoms. The second kappa shape index (κ2) is 12.8. The lowest BCUT2D eigenvalue weighted by Crippen LogP contribution is -2.42. The number of nitrogens with one attached hydrogen (secondary N) is 1. The Labute approximate surface area is 230 Å². The first-order valence-electron chi connectivity index (χ1n) is 13.3. The number of hydrogen-bond donors (Lipinski definition) is 2. The summed E-state index contributed by atoms with van der Waals surface area (Å²) in [6.07, 6.45) is 4.22. The highest BCUT2D eigenvalue weighted by atomic mass is 79.9. The molecule has 2 aromatic carbocycles. The Bertz CT molecular complexity index is 1180. The third kappa shape index (κ3) is 6.76. The van der Waals surface area contributed by atoms with Gasteiger partial charge in [-0.3, -0.25) is 4.79 Å². The molecular weight excluding hydrogens is 552 g/mol. The minimum Gasteiger partial charge on any atom is -0.392 e. The summed E-state index contributed by atoms with van der Waals surface area (Å²) in [4.78, 5) is 14.7. The lowest BCUT2D eigenvalue weighted by atomic mass is 9.69. The topological polar surface area (TPSA) is 86.7 Å². The number of carbonyl (C=O) groups is 1. The Balaban J connectivity index is 2.16. The van der Waals surface area contributed by atoms with Gasteiger partial charge in [0.25, 0.3) is 0 Å². The fourth-order valence-corrected chi connectivity index (χ4v) is 8.07. The molecule has 37 heavy (non-hydrogen) atoms. The third-order valence-electron chi connectivity index (χ3n) is 7.65. The molecule has 0 aliphatic carbocycles. The molecule has 0 fully saturated rings. The minimum atomic E-state index is -3.64. The summed E-state index contributed by atoms with van der Waals surface area (Å²) in [7, 11) is 0.198. The van der Waals surface area contributed by atoms with Crippen molar-refractivity contribution >= 4 is 43.0 Å². The van der Waals surface area contributed by atoms with Gasteiger partial charge in [-0.25, -0.2) is 8.42 Å². The zero-order valence-electron chi connectivity index (χ0n) is 22.5. The number of unbranched alkanes of at least 4 members (excludes halogenated alkanes) is 2. The zero-order chi connectivity index (χ0) is 27.2. The third-order valence-corrected chi connectivity index (χ3v) is 10.2. The van der Waals surface area contributed by atoms with E-state index in [9.17, 15) is 18.3 Å². The van der Waals surface area contributed by atoms with E-state index in [0.29, 0.717) is 30.5 Å². The number of benzene rings is 2. The summed E-state index contributed by atoms with van der Waals surface area (Å²) in [5.74, 6) is -0.676. The van der Waals surface area contributed by atoms with Gasteiger partial charge in [0.2, 0.25) is 5.91 Å². The van der Waals surface area contributed by atoms with Gasteiger partial charge < -0.3 is 15.3 Å². The van der Waals surface area contributed by atoms with Crippen LogP contribution in [0.5, 0.6) is 0 Å². The fraction of sp³-hybridized carbons (Fsp3) is 0.552. The van der Waals surface area contributed by atoms with Crippen LogP contribution in [0, 0.1) is 5.41 Å². The second-order valence-electron chi connectivity index (χ2n) is 10.4. The van der Waals surface area contributed by atoms with E-state index in [4.69, 9.17) is 0 Å². The quantitative estimate of drug-likeness (QED) is 0.242. The van der Waals surface area contributed by atoms with E-state index < -0.39 is 27.3 Å². The van der Waals surface area contributed by atoms with Crippen LogP contribution in [-0.4, -0.2) is 50.7 Å². The molecule has 1 aliphatic heterocycles. The molecule has 3 unspecified atom stereocenters. The first-order valence-corrected chi connectivity index (χ1v) is 16.0. The maximum atomic E-state index is 13.8. The van der Waals surface area contributed by atoms with E-state index in [-0.39, 0.29) is 16.6 Å². The van der Waals surface area contributed by atoms with Gasteiger partial charge in [-0.2, -0.15) is 0 Å². The van der Waals surface area contributed by atoms with Crippen molar-refractivity contribution in [1.82, 2.24) is 0 Å². The number of rotatable bonds is 11. The standard InChI is InChI=1S/C29H41BrN2O4S/c1-5-7-16-29(6-2)20-37(35,36)25-15-14-23(32(3)4)19-24(25)27(28(29)34)21-11-10-12-22(18-21)31-26(33)13-8-9-17-30/h10-12,14-15,18-19,27-28,34H,5-9,13,16-17,20H2,1-4H3,(H,31,33). The van der Waals surface area contributed by atoms with Crippen molar-refractivity contribution in [1.29, 1.82) is 0 Å². The van der Waals surface area contributed by atoms with Crippen molar-refractivity contribution in [3.8, 4) is 0 Å². The first kappa shape index (κ1) is 29.7. The number of aliphatic hydroxyl groups excluding tert-OH is 1. The Morgan fingerprint density at radius 3 is 2.54 bits per heavy atom. The predicted molar refractivity (Wildman–Crippen MR) is 156 cm³/mol. The van der Waals surface area contributed by atoms with Crippen molar-refractivity contribution in [2.45, 2.75) is 75.7 Å². The molecule has 204 valence electrons. The minimum absolute atomic E-state index is 0.0526. The normalized spacial score (nSPS) is 22.6. The van der Waals surface area contributed by atoms with Crippen molar-refractivity contribution in [3.63, 3.8) is 0 Å². The van der Waals surface area contributed by atoms with Gasteiger partial charge in [-0.05, 0) is 67.1 Å². The maximum absolute atomic E-state index is 13.8. The molecule has 0 saturated heterocycles. The van der Waals surface area contributed by atoms with Crippen LogP contribution in [-0.2, 0) is 14.6 Å². The lowest BCUT2D eigenvalue weighted by molar-refractivity contribution is -0.116. The monoisotopic (exact) mass is 592 g/mol. The Morgan fingerprint density at radius 2 is 1.89 bits per heavy atom. The summed E-state index contributed by atoms with van der Waals surface area (Å²) >= 11 is 3.40. The van der Waals surface area contributed by atoms with E-state index >= 15 is 0 Å². The van der Waals surface area contributed by atoms with Crippen LogP contribution in [0.25, 0.3) is 0 Å². The number of amides is 1. The molecular formula is C29H41BrN2O4S. The summed E-state index contributed by atoms with van der Waals surface area (Å²) in [5, 5.41) is 15.9. The molecule has 0 radical (unpaired) electrons. The molecule has 2 aromatic rings. The van der Waals surface area contributed by atoms with Gasteiger partial charge in [-0.15, -0.1) is 0 Å². The smallest absolute Gasteiger partial charge is 0.224 e. The van der Waals surface area contributed by atoms with Crippen LogP contribution in [0.2, 0.25) is 0 Å². The van der Waals surface area contributed by atoms with Gasteiger partial charge in [0.15, 0.2) is 9.84 Å². The van der Waals surface area contributed by atoms with E-state index in [1.807, 2.05) is 62.3 Å². The average molecular weight is 594 g/mol. The number of anilines is 2. The van der Waals surface area contributed by atoms with Gasteiger partial charge in [0.05, 0.1) is 16.8 Å². The SMILES string of the molecule is CCCCC1(CC)CS(=O)(=O)c2ccc(N(C)C)cc2C(c2cccc(NC(=O)CCCCBr)c2)C1O. The maximum Gasteiger partial charge on any atom is 0.224 e. The lowest BCUT2D eigenvalue weighted by Gasteiger charge is -2.39. The van der Waals surface area contributed by atoms with Gasteiger partial charge >= 0.3 is 0 Å². The van der Waals surface area contributed by atoms with Gasteiger partial charge in [0, 0.05) is 48.6 Å². The van der Waals surface area contributed by atoms with Crippen molar-refractivity contribution in [2.75, 3.05) is 35.4 Å². The molecule has 3 atom stereocenters. The Morgan fingerprint density at radius 1 is 1.14 bits per heavy atom. The molecule has 3 rings (SSSR count). The fourth-order valence-electron chi connectivity index (χ4n) is 5.42. The summed E-state index contributed by atoms with van der Waals surface area (Å²) in [6.45, 7) is 4.07. The molecule has 2 N–H and O–H groups in total. The summed E-state index contributed by atoms with van der Waals surface area (Å²) in [6, 6.07) is 12.9. The number of carbonyl (C=O) groups excluding carboxylic acids is 1. The second-order valence-corrected chi connectivity index (χ2v) is 13.2. The largest absolute Gasteiger partial charge is 0.392 e. The summed E-state index contributed by atoms with van der Waals surface area (Å²) < 4.78 is 27.6. The number of aliphatic hydroxyl groups is 1. The van der Waals surface area contributed by atoms with Gasteiger partial charge in [0.1, 0.15) is 0 Å². The Hall–Kier alpha value is -1.90. The summed E-state index contributed by atoms with van der Waals surface area (Å²) in [5.41, 5.74) is 2.17. The highest BCUT2D eigenvalue weighted by Gasteiger charge is 2.49. The Kier molecular flexibility index (Phi) is 10.2. The average Bonchev–Trinajstić information content (AvgIpc) is 2.93. The molecule has 6 nitrogen and oxygen atoms in total. The predicted octanol–water partition coefficient (Wildman–Crippen LogP) is 6.12. The van der Waals surface area contributed by atoms with Gasteiger partial charge in [-0.1, -0.05) is 54.8 Å². The molecule has 1 aliphatic rings. The highest BCUT2D eigenvalue weighted by molar-refractivity contribution is 9.09. The van der Waals surface area contributed by atoms with E-state index in [1.165, 1.54) is 0 Å². The number of alkyl halides is 1. The van der Waals surface area contributed by atoms with Crippen LogP contribution in [0.15, 0.2) is 47.4 Å². The number of sulfone groups is 1. The van der Waals surface area contributed by atoms with Crippen LogP contribution < -0.4 is 10.2 Å². The van der Waals surface area contributed by atoms with Crippen molar-refractivity contribution < 1.29 is 18.3 Å². The van der Waals surface area contributed by atoms with Crippen molar-refractivity contribution in [3.05, 3.63) is 53.6 Å².